The van der Waals surface area contributed by atoms with Gasteiger partial charge in [-0.05, 0) is 6.92 Å². The summed E-state index contributed by atoms with van der Waals surface area (Å²) in [6.07, 6.45) is 0. The second-order valence-corrected chi connectivity index (χ2v) is 4.51. The largest absolute Gasteiger partial charge is 0.480 e. The molecule has 2 unspecified atom stereocenters. The lowest BCUT2D eigenvalue weighted by molar-refractivity contribution is -0.139. The van der Waals surface area contributed by atoms with Crippen molar-refractivity contribution in [1.29, 1.82) is 0 Å². The molecule has 0 saturated carbocycles. The van der Waals surface area contributed by atoms with Crippen molar-refractivity contribution < 1.29 is 9.90 Å². The Labute approximate surface area is 82.5 Å². The average molecular weight is 204 g/mol. The van der Waals surface area contributed by atoms with Crippen LogP contribution in [-0.4, -0.2) is 52.7 Å². The van der Waals surface area contributed by atoms with E-state index < -0.39 is 12.0 Å². The van der Waals surface area contributed by atoms with E-state index in [1.165, 1.54) is 0 Å². The minimum Gasteiger partial charge on any atom is -0.480 e. The Balaban J connectivity index is 2.37. The molecule has 0 radical (unpaired) electrons. The van der Waals surface area contributed by atoms with Crippen molar-refractivity contribution in [2.24, 2.45) is 5.73 Å². The highest BCUT2D eigenvalue weighted by atomic mass is 32.2. The molecule has 0 bridgehead atoms. The van der Waals surface area contributed by atoms with Gasteiger partial charge in [-0.25, -0.2) is 0 Å². The number of aliphatic carboxylic acids is 1. The Bertz CT molecular complexity index is 189. The SMILES string of the molecule is CC1CSCCN1CC(N)C(=O)O. The molecule has 1 rings (SSSR count). The molecule has 0 aromatic heterocycles. The Morgan fingerprint density at radius 2 is 2.54 bits per heavy atom. The molecular weight excluding hydrogens is 188 g/mol. The fourth-order valence-corrected chi connectivity index (χ4v) is 2.45. The van der Waals surface area contributed by atoms with Crippen molar-refractivity contribution in [2.45, 2.75) is 19.0 Å². The topological polar surface area (TPSA) is 66.6 Å². The van der Waals surface area contributed by atoms with Crippen molar-refractivity contribution >= 4 is 17.7 Å². The Morgan fingerprint density at radius 1 is 1.85 bits per heavy atom. The standard InChI is InChI=1S/C8H16N2O2S/c1-6-5-13-3-2-10(6)4-7(9)8(11)12/h6-7H,2-5,9H2,1H3,(H,11,12). The summed E-state index contributed by atoms with van der Waals surface area (Å²) in [5, 5.41) is 8.64. The number of carbonyl (C=O) groups is 1. The normalized spacial score (nSPS) is 27.1. The van der Waals surface area contributed by atoms with E-state index in [4.69, 9.17) is 10.8 Å². The van der Waals surface area contributed by atoms with Crippen molar-refractivity contribution in [3.05, 3.63) is 0 Å². The predicted molar refractivity (Wildman–Crippen MR) is 54.0 cm³/mol. The third-order valence-electron chi connectivity index (χ3n) is 2.25. The fraction of sp³-hybridized carbons (Fsp3) is 0.875. The minimum absolute atomic E-state index is 0.448. The van der Waals surface area contributed by atoms with Crippen LogP contribution in [0.5, 0.6) is 0 Å². The van der Waals surface area contributed by atoms with E-state index in [0.29, 0.717) is 12.6 Å². The van der Waals surface area contributed by atoms with E-state index in [-0.39, 0.29) is 0 Å². The Hall–Kier alpha value is -0.260. The zero-order valence-corrected chi connectivity index (χ0v) is 8.59. The lowest BCUT2D eigenvalue weighted by atomic mass is 10.2. The highest BCUT2D eigenvalue weighted by molar-refractivity contribution is 7.99. The zero-order chi connectivity index (χ0) is 9.84. The van der Waals surface area contributed by atoms with E-state index in [2.05, 4.69) is 11.8 Å². The summed E-state index contributed by atoms with van der Waals surface area (Å²) < 4.78 is 0. The molecule has 0 aromatic rings. The molecule has 1 aliphatic heterocycles. The first-order chi connectivity index (χ1) is 6.11. The smallest absolute Gasteiger partial charge is 0.321 e. The molecule has 1 aliphatic rings. The van der Waals surface area contributed by atoms with Crippen LogP contribution >= 0.6 is 11.8 Å². The summed E-state index contributed by atoms with van der Waals surface area (Å²) in [5.41, 5.74) is 5.46. The first-order valence-electron chi connectivity index (χ1n) is 4.41. The van der Waals surface area contributed by atoms with E-state index in [1.54, 1.807) is 0 Å². The van der Waals surface area contributed by atoms with Crippen LogP contribution in [0.3, 0.4) is 0 Å². The van der Waals surface area contributed by atoms with Gasteiger partial charge in [-0.1, -0.05) is 0 Å². The number of carboxylic acids is 1. The van der Waals surface area contributed by atoms with Crippen LogP contribution in [0.1, 0.15) is 6.92 Å². The third kappa shape index (κ3) is 3.17. The summed E-state index contributed by atoms with van der Waals surface area (Å²) >= 11 is 1.91. The number of nitrogens with two attached hydrogens (primary N) is 1. The van der Waals surface area contributed by atoms with Crippen LogP contribution in [0.15, 0.2) is 0 Å². The molecule has 0 aromatic carbocycles. The first kappa shape index (κ1) is 10.8. The van der Waals surface area contributed by atoms with Crippen molar-refractivity contribution in [1.82, 2.24) is 4.90 Å². The monoisotopic (exact) mass is 204 g/mol. The van der Waals surface area contributed by atoms with Gasteiger partial charge in [0, 0.05) is 30.6 Å². The highest BCUT2D eigenvalue weighted by Gasteiger charge is 2.23. The van der Waals surface area contributed by atoms with Crippen LogP contribution in [0, 0.1) is 0 Å². The number of nitrogens with zero attached hydrogens (tertiary/aromatic N) is 1. The molecule has 76 valence electrons. The molecule has 0 amide bonds. The first-order valence-corrected chi connectivity index (χ1v) is 5.57. The molecule has 3 N–H and O–H groups in total. The van der Waals surface area contributed by atoms with Gasteiger partial charge in [0.1, 0.15) is 6.04 Å². The quantitative estimate of drug-likeness (QED) is 0.668. The molecule has 1 fully saturated rings. The van der Waals surface area contributed by atoms with Gasteiger partial charge in [0.25, 0.3) is 0 Å². The molecule has 5 heteroatoms. The lowest BCUT2D eigenvalue weighted by Gasteiger charge is -2.33. The second kappa shape index (κ2) is 4.83. The van der Waals surface area contributed by atoms with Crippen LogP contribution in [0.25, 0.3) is 0 Å². The molecule has 1 heterocycles. The van der Waals surface area contributed by atoms with Gasteiger partial charge < -0.3 is 10.8 Å². The zero-order valence-electron chi connectivity index (χ0n) is 7.77. The Kier molecular flexibility index (Phi) is 4.02. The van der Waals surface area contributed by atoms with Gasteiger partial charge in [0.05, 0.1) is 0 Å². The molecule has 0 spiro atoms. The second-order valence-electron chi connectivity index (χ2n) is 3.36. The van der Waals surface area contributed by atoms with Gasteiger partial charge >= 0.3 is 5.97 Å². The fourth-order valence-electron chi connectivity index (χ4n) is 1.36. The summed E-state index contributed by atoms with van der Waals surface area (Å²) in [6, 6.07) is -0.297. The highest BCUT2D eigenvalue weighted by Crippen LogP contribution is 2.15. The number of hydrogen-bond acceptors (Lipinski definition) is 4. The van der Waals surface area contributed by atoms with E-state index in [1.807, 2.05) is 11.8 Å². The van der Waals surface area contributed by atoms with Crippen LogP contribution in [-0.2, 0) is 4.79 Å². The van der Waals surface area contributed by atoms with Crippen molar-refractivity contribution in [2.75, 3.05) is 24.6 Å². The molecular formula is C8H16N2O2S. The maximum absolute atomic E-state index is 10.5. The third-order valence-corrected chi connectivity index (χ3v) is 3.44. The number of rotatable bonds is 3. The summed E-state index contributed by atoms with van der Waals surface area (Å²) in [4.78, 5) is 12.7. The van der Waals surface area contributed by atoms with E-state index >= 15 is 0 Å². The lowest BCUT2D eigenvalue weighted by Crippen LogP contribution is -2.49. The van der Waals surface area contributed by atoms with E-state index in [0.717, 1.165) is 18.1 Å². The summed E-state index contributed by atoms with van der Waals surface area (Å²) in [6.45, 7) is 3.53. The molecule has 4 nitrogen and oxygen atoms in total. The maximum Gasteiger partial charge on any atom is 0.321 e. The molecule has 1 saturated heterocycles. The van der Waals surface area contributed by atoms with Crippen molar-refractivity contribution in [3.63, 3.8) is 0 Å². The van der Waals surface area contributed by atoms with Crippen LogP contribution in [0.2, 0.25) is 0 Å². The van der Waals surface area contributed by atoms with Gasteiger partial charge in [0.15, 0.2) is 0 Å². The van der Waals surface area contributed by atoms with Gasteiger partial charge in [-0.15, -0.1) is 0 Å². The molecule has 13 heavy (non-hydrogen) atoms. The van der Waals surface area contributed by atoms with Crippen LogP contribution in [0.4, 0.5) is 0 Å². The minimum atomic E-state index is -0.912. The van der Waals surface area contributed by atoms with Crippen LogP contribution < -0.4 is 5.73 Å². The predicted octanol–water partition coefficient (Wildman–Crippen LogP) is -0.164. The molecule has 2 atom stereocenters. The number of hydrogen-bond donors (Lipinski definition) is 2. The van der Waals surface area contributed by atoms with Gasteiger partial charge in [0.2, 0.25) is 0 Å². The average Bonchev–Trinajstić information content (AvgIpc) is 2.08. The Morgan fingerprint density at radius 3 is 3.08 bits per heavy atom. The van der Waals surface area contributed by atoms with E-state index in [9.17, 15) is 4.79 Å². The summed E-state index contributed by atoms with van der Waals surface area (Å²) in [5.74, 6) is 1.24. The van der Waals surface area contributed by atoms with Crippen molar-refractivity contribution in [3.8, 4) is 0 Å². The number of thioether (sulfide) groups is 1. The summed E-state index contributed by atoms with van der Waals surface area (Å²) in [7, 11) is 0. The molecule has 0 aliphatic carbocycles. The number of carboxylic acid groups (broad SMARTS) is 1. The van der Waals surface area contributed by atoms with Gasteiger partial charge in [-0.2, -0.15) is 11.8 Å². The van der Waals surface area contributed by atoms with Gasteiger partial charge in [-0.3, -0.25) is 9.69 Å². The maximum atomic E-state index is 10.5.